The molecule has 1 aliphatic heterocycles. The Balaban J connectivity index is 2.06. The molecule has 2 aromatic rings. The maximum Gasteiger partial charge on any atom is 0.218 e. The number of nitrogens with zero attached hydrogens (tertiary/aromatic N) is 3. The van der Waals surface area contributed by atoms with Gasteiger partial charge >= 0.3 is 0 Å². The second-order valence-electron chi connectivity index (χ2n) is 9.93. The van der Waals surface area contributed by atoms with E-state index in [1.165, 1.54) is 10.7 Å². The molecular weight excluding hydrogens is 500 g/mol. The molecule has 0 saturated carbocycles. The minimum Gasteiger partial charge on any atom is -0.388 e. The van der Waals surface area contributed by atoms with Crippen LogP contribution in [0, 0.1) is 11.6 Å². The van der Waals surface area contributed by atoms with Gasteiger partial charge in [0.15, 0.2) is 23.7 Å². The van der Waals surface area contributed by atoms with E-state index in [0.29, 0.717) is 13.0 Å². The fourth-order valence-electron chi connectivity index (χ4n) is 3.97. The highest BCUT2D eigenvalue weighted by Gasteiger charge is 2.54. The molecule has 2 heterocycles. The molecule has 0 amide bonds. The SMILES string of the molecule is CC(C)(C)[Si](C)(C)[C@](O)(CC(=O)c1nc(Br)nn1C1CCCCO1)c1ccc(F)c(F)c1. The van der Waals surface area contributed by atoms with E-state index < -0.39 is 36.9 Å². The van der Waals surface area contributed by atoms with Crippen LogP contribution in [0.15, 0.2) is 22.9 Å². The van der Waals surface area contributed by atoms with Crippen LogP contribution in [0.2, 0.25) is 18.1 Å². The van der Waals surface area contributed by atoms with Gasteiger partial charge in [0.1, 0.15) is 0 Å². The number of halogens is 3. The van der Waals surface area contributed by atoms with Crippen molar-refractivity contribution in [2.45, 2.75) is 76.0 Å². The van der Waals surface area contributed by atoms with Gasteiger partial charge in [-0.1, -0.05) is 39.9 Å². The number of rotatable bonds is 6. The van der Waals surface area contributed by atoms with Crippen molar-refractivity contribution < 1.29 is 23.4 Å². The third-order valence-electron chi connectivity index (χ3n) is 7.01. The lowest BCUT2D eigenvalue weighted by atomic mass is 10.0. The summed E-state index contributed by atoms with van der Waals surface area (Å²) in [6.45, 7) is 10.4. The van der Waals surface area contributed by atoms with Crippen LogP contribution >= 0.6 is 15.9 Å². The van der Waals surface area contributed by atoms with Crippen LogP contribution in [0.25, 0.3) is 0 Å². The topological polar surface area (TPSA) is 77.2 Å². The van der Waals surface area contributed by atoms with E-state index in [9.17, 15) is 18.7 Å². The summed E-state index contributed by atoms with van der Waals surface area (Å²) in [6, 6.07) is 3.34. The second kappa shape index (κ2) is 9.04. The maximum atomic E-state index is 14.2. The highest BCUT2D eigenvalue weighted by Crippen LogP contribution is 2.49. The van der Waals surface area contributed by atoms with Crippen molar-refractivity contribution in [2.75, 3.05) is 6.61 Å². The number of ketones is 1. The highest BCUT2D eigenvalue weighted by atomic mass is 79.9. The Morgan fingerprint density at radius 2 is 1.97 bits per heavy atom. The number of aliphatic hydroxyl groups is 1. The average Bonchev–Trinajstić information content (AvgIpc) is 3.11. The molecule has 6 nitrogen and oxygen atoms in total. The van der Waals surface area contributed by atoms with E-state index in [2.05, 4.69) is 26.0 Å². The number of aromatic nitrogens is 3. The zero-order valence-electron chi connectivity index (χ0n) is 19.1. The van der Waals surface area contributed by atoms with Crippen molar-refractivity contribution in [1.29, 1.82) is 0 Å². The summed E-state index contributed by atoms with van der Waals surface area (Å²) in [5, 5.41) is 14.3. The van der Waals surface area contributed by atoms with E-state index in [4.69, 9.17) is 4.74 Å². The number of hydrogen-bond donors (Lipinski definition) is 1. The number of hydrogen-bond acceptors (Lipinski definition) is 5. The fraction of sp³-hybridized carbons (Fsp3) is 0.591. The van der Waals surface area contributed by atoms with Gasteiger partial charge in [0.05, 0.1) is 13.3 Å². The van der Waals surface area contributed by atoms with Crippen LogP contribution in [-0.4, -0.2) is 40.3 Å². The highest BCUT2D eigenvalue weighted by molar-refractivity contribution is 9.10. The van der Waals surface area contributed by atoms with Gasteiger partial charge in [-0.25, -0.2) is 13.5 Å². The Labute approximate surface area is 196 Å². The first-order valence-corrected chi connectivity index (χ1v) is 14.5. The Hall–Kier alpha value is -1.49. The number of Topliss-reactive ketones (excluding diaryl/α,β-unsaturated/α-hetero) is 1. The normalized spacial score (nSPS) is 19.6. The molecule has 1 unspecified atom stereocenters. The number of carbonyl (C=O) groups is 1. The van der Waals surface area contributed by atoms with E-state index in [0.717, 1.165) is 25.0 Å². The van der Waals surface area contributed by atoms with Gasteiger partial charge in [-0.3, -0.25) is 4.79 Å². The third-order valence-corrected chi connectivity index (χ3v) is 13.6. The predicted octanol–water partition coefficient (Wildman–Crippen LogP) is 5.53. The van der Waals surface area contributed by atoms with Crippen LogP contribution in [0.5, 0.6) is 0 Å². The minimum atomic E-state index is -2.74. The molecule has 176 valence electrons. The lowest BCUT2D eigenvalue weighted by Gasteiger charge is -2.49. The van der Waals surface area contributed by atoms with Crippen molar-refractivity contribution in [2.24, 2.45) is 0 Å². The smallest absolute Gasteiger partial charge is 0.218 e. The van der Waals surface area contributed by atoms with Crippen molar-refractivity contribution in [3.63, 3.8) is 0 Å². The monoisotopic (exact) mass is 529 g/mol. The molecule has 1 saturated heterocycles. The second-order valence-corrected chi connectivity index (χ2v) is 16.2. The lowest BCUT2D eigenvalue weighted by Crippen LogP contribution is -2.58. The zero-order chi connectivity index (χ0) is 23.9. The van der Waals surface area contributed by atoms with Crippen LogP contribution in [0.3, 0.4) is 0 Å². The Morgan fingerprint density at radius 3 is 2.53 bits per heavy atom. The zero-order valence-corrected chi connectivity index (χ0v) is 21.7. The van der Waals surface area contributed by atoms with Gasteiger partial charge < -0.3 is 9.84 Å². The van der Waals surface area contributed by atoms with Crippen LogP contribution in [0.4, 0.5) is 8.78 Å². The van der Waals surface area contributed by atoms with Gasteiger partial charge in [0.25, 0.3) is 0 Å². The van der Waals surface area contributed by atoms with E-state index in [-0.39, 0.29) is 27.6 Å². The van der Waals surface area contributed by atoms with Crippen molar-refractivity contribution >= 4 is 29.8 Å². The Morgan fingerprint density at radius 1 is 1.28 bits per heavy atom. The van der Waals surface area contributed by atoms with Crippen molar-refractivity contribution in [3.8, 4) is 0 Å². The Bertz CT molecular complexity index is 1000. The molecule has 1 aliphatic rings. The molecule has 3 rings (SSSR count). The van der Waals surface area contributed by atoms with E-state index in [1.807, 2.05) is 33.9 Å². The Kier molecular flexibility index (Phi) is 7.10. The van der Waals surface area contributed by atoms with Gasteiger partial charge in [-0.15, -0.1) is 5.10 Å². The minimum absolute atomic E-state index is 0.0727. The molecule has 10 heteroatoms. The van der Waals surface area contributed by atoms with Gasteiger partial charge in [-0.05, 0) is 57.9 Å². The molecule has 1 aromatic carbocycles. The first-order chi connectivity index (χ1) is 14.8. The molecule has 0 aliphatic carbocycles. The molecule has 0 bridgehead atoms. The van der Waals surface area contributed by atoms with Crippen molar-refractivity contribution in [3.05, 3.63) is 46.0 Å². The summed E-state index contributed by atoms with van der Waals surface area (Å²) >= 11 is 3.24. The summed E-state index contributed by atoms with van der Waals surface area (Å²) in [5.74, 6) is -2.43. The number of carbonyl (C=O) groups excluding carboxylic acids is 1. The molecule has 1 N–H and O–H groups in total. The molecule has 1 fully saturated rings. The maximum absolute atomic E-state index is 14.2. The summed E-state index contributed by atoms with van der Waals surface area (Å²) in [4.78, 5) is 17.8. The number of benzene rings is 1. The van der Waals surface area contributed by atoms with Gasteiger partial charge in [0, 0.05) is 13.0 Å². The summed E-state index contributed by atoms with van der Waals surface area (Å²) in [6.07, 6.45) is 1.85. The van der Waals surface area contributed by atoms with E-state index >= 15 is 0 Å². The molecule has 0 radical (unpaired) electrons. The molecular formula is C22H30BrF2N3O3Si. The van der Waals surface area contributed by atoms with Crippen LogP contribution in [-0.2, 0) is 9.96 Å². The first-order valence-electron chi connectivity index (χ1n) is 10.7. The van der Waals surface area contributed by atoms with Gasteiger partial charge in [0.2, 0.25) is 10.5 Å². The lowest BCUT2D eigenvalue weighted by molar-refractivity contribution is -0.0411. The quantitative estimate of drug-likeness (QED) is 0.393. The van der Waals surface area contributed by atoms with Crippen molar-refractivity contribution in [1.82, 2.24) is 14.8 Å². The molecule has 32 heavy (non-hydrogen) atoms. The molecule has 0 spiro atoms. The van der Waals surface area contributed by atoms with Gasteiger partial charge in [-0.2, -0.15) is 4.98 Å². The standard InChI is InChI=1S/C22H30BrF2N3O3Si/c1-21(2,3)32(4,5)22(30,14-9-10-15(24)16(25)12-14)13-17(29)19-26-20(23)27-28(19)18-8-6-7-11-31-18/h9-10,12,18,30H,6-8,11,13H2,1-5H3/t18?,22-/m1/s1. The molecule has 1 aromatic heterocycles. The van der Waals surface area contributed by atoms with Crippen LogP contribution < -0.4 is 0 Å². The summed E-state index contributed by atoms with van der Waals surface area (Å²) < 4.78 is 35.3. The number of ether oxygens (including phenoxy) is 1. The van der Waals surface area contributed by atoms with Crippen LogP contribution in [0.1, 0.15) is 68.9 Å². The first kappa shape index (κ1) is 25.1. The van der Waals surface area contributed by atoms with E-state index in [1.54, 1.807) is 0 Å². The summed E-state index contributed by atoms with van der Waals surface area (Å²) in [5.41, 5.74) is 0.190. The average molecular weight is 530 g/mol. The predicted molar refractivity (Wildman–Crippen MR) is 123 cm³/mol. The third kappa shape index (κ3) is 4.60. The summed E-state index contributed by atoms with van der Waals surface area (Å²) in [7, 11) is -2.74. The molecule has 2 atom stereocenters. The largest absolute Gasteiger partial charge is 0.388 e. The fourth-order valence-corrected chi connectivity index (χ4v) is 7.03.